The van der Waals surface area contributed by atoms with Crippen LogP contribution < -0.4 is 10.6 Å². The normalized spacial score (nSPS) is 12.0. The minimum atomic E-state index is -1.66. The lowest BCUT2D eigenvalue weighted by atomic mass is 10.2. The van der Waals surface area contributed by atoms with Crippen molar-refractivity contribution in [3.8, 4) is 0 Å². The predicted molar refractivity (Wildman–Crippen MR) is 80.6 cm³/mol. The number of rotatable bonds is 5. The number of aliphatic carboxylic acids is 1. The van der Waals surface area contributed by atoms with Crippen molar-refractivity contribution in [1.29, 1.82) is 0 Å². The lowest BCUT2D eigenvalue weighted by molar-refractivity contribution is -0.140. The van der Waals surface area contributed by atoms with Gasteiger partial charge >= 0.3 is 18.2 Å². The smallest absolute Gasteiger partial charge is 0.409 e. The number of alkyl carbamates (subject to hydrolysis) is 2. The summed E-state index contributed by atoms with van der Waals surface area (Å²) in [5.74, 6) is -1.45. The van der Waals surface area contributed by atoms with Gasteiger partial charge in [0, 0.05) is 0 Å². The molecule has 126 valence electrons. The zero-order valence-electron chi connectivity index (χ0n) is 13.2. The highest BCUT2D eigenvalue weighted by Crippen LogP contribution is 2.06. The fraction of sp³-hybridized carbons (Fsp3) is 0.400. The molecule has 2 amide bonds. The minimum Gasteiger partial charge on any atom is -0.478 e. The lowest BCUT2D eigenvalue weighted by Gasteiger charge is -2.22. The molecule has 0 heterocycles. The predicted octanol–water partition coefficient (Wildman–Crippen LogP) is 1.85. The molecule has 8 nitrogen and oxygen atoms in total. The standard InChI is InChI=1S/C15H20N2O6/c1-15(2,3)23-14(21)17-11(12(18)19)16-13(20)22-9-10-7-5-4-6-8-10/h4-8,11H,9H2,1-3H3,(H,16,20)(H,17,21)(H,18,19). The first-order valence-electron chi connectivity index (χ1n) is 6.87. The highest BCUT2D eigenvalue weighted by Gasteiger charge is 2.25. The van der Waals surface area contributed by atoms with Crippen molar-refractivity contribution in [2.75, 3.05) is 0 Å². The van der Waals surface area contributed by atoms with Crippen molar-refractivity contribution in [1.82, 2.24) is 10.6 Å². The molecule has 8 heteroatoms. The van der Waals surface area contributed by atoms with Gasteiger partial charge in [-0.15, -0.1) is 0 Å². The van der Waals surface area contributed by atoms with Crippen molar-refractivity contribution in [2.24, 2.45) is 0 Å². The Balaban J connectivity index is 2.50. The van der Waals surface area contributed by atoms with Gasteiger partial charge in [0.25, 0.3) is 0 Å². The molecule has 0 spiro atoms. The quantitative estimate of drug-likeness (QED) is 0.712. The summed E-state index contributed by atoms with van der Waals surface area (Å²) in [4.78, 5) is 34.2. The first kappa shape index (κ1) is 18.3. The van der Waals surface area contributed by atoms with E-state index in [9.17, 15) is 14.4 Å². The second-order valence-electron chi connectivity index (χ2n) is 5.62. The lowest BCUT2D eigenvalue weighted by Crippen LogP contribution is -2.53. The van der Waals surface area contributed by atoms with Crippen LogP contribution in [0.5, 0.6) is 0 Å². The van der Waals surface area contributed by atoms with Crippen LogP contribution in [-0.2, 0) is 20.9 Å². The van der Waals surface area contributed by atoms with E-state index in [4.69, 9.17) is 14.6 Å². The Morgan fingerprint density at radius 1 is 1.09 bits per heavy atom. The Labute approximate surface area is 133 Å². The maximum absolute atomic E-state index is 11.6. The third kappa shape index (κ3) is 7.70. The van der Waals surface area contributed by atoms with E-state index in [2.05, 4.69) is 0 Å². The molecule has 0 fully saturated rings. The zero-order chi connectivity index (χ0) is 17.5. The summed E-state index contributed by atoms with van der Waals surface area (Å²) in [6.07, 6.45) is -3.60. The molecule has 0 saturated carbocycles. The maximum Gasteiger partial charge on any atom is 0.409 e. The molecule has 1 rings (SSSR count). The van der Waals surface area contributed by atoms with Gasteiger partial charge in [0.1, 0.15) is 12.2 Å². The molecule has 23 heavy (non-hydrogen) atoms. The van der Waals surface area contributed by atoms with Gasteiger partial charge < -0.3 is 14.6 Å². The molecule has 1 atom stereocenters. The number of carboxylic acid groups (broad SMARTS) is 1. The topological polar surface area (TPSA) is 114 Å². The summed E-state index contributed by atoms with van der Waals surface area (Å²) in [6, 6.07) is 8.87. The molecular formula is C15H20N2O6. The molecule has 0 bridgehead atoms. The van der Waals surface area contributed by atoms with E-state index in [-0.39, 0.29) is 6.61 Å². The van der Waals surface area contributed by atoms with Crippen LogP contribution in [0.15, 0.2) is 30.3 Å². The van der Waals surface area contributed by atoms with Gasteiger partial charge in [0.2, 0.25) is 6.17 Å². The molecule has 0 aromatic heterocycles. The molecule has 1 aromatic carbocycles. The largest absolute Gasteiger partial charge is 0.478 e. The number of amides is 2. The van der Waals surface area contributed by atoms with Crippen molar-refractivity contribution in [2.45, 2.75) is 39.1 Å². The number of hydrogen-bond acceptors (Lipinski definition) is 5. The molecule has 0 aliphatic rings. The van der Waals surface area contributed by atoms with E-state index in [0.717, 1.165) is 5.56 Å². The molecule has 0 aliphatic carbocycles. The van der Waals surface area contributed by atoms with Crippen LogP contribution >= 0.6 is 0 Å². The van der Waals surface area contributed by atoms with Gasteiger partial charge in [-0.25, -0.2) is 14.4 Å². The third-order valence-electron chi connectivity index (χ3n) is 2.38. The van der Waals surface area contributed by atoms with Crippen LogP contribution in [0.4, 0.5) is 9.59 Å². The van der Waals surface area contributed by atoms with E-state index in [0.29, 0.717) is 0 Å². The Hall–Kier alpha value is -2.77. The fourth-order valence-corrected chi connectivity index (χ4v) is 1.47. The average molecular weight is 324 g/mol. The summed E-state index contributed by atoms with van der Waals surface area (Å²) in [6.45, 7) is 4.86. The van der Waals surface area contributed by atoms with E-state index in [1.807, 2.05) is 16.7 Å². The molecule has 0 aliphatic heterocycles. The SMILES string of the molecule is CC(C)(C)OC(=O)NC(NC(=O)OCc1ccccc1)C(=O)O. The Kier molecular flexibility index (Phi) is 6.37. The van der Waals surface area contributed by atoms with Crippen LogP contribution in [0.3, 0.4) is 0 Å². The molecular weight excluding hydrogens is 304 g/mol. The molecule has 0 radical (unpaired) electrons. The van der Waals surface area contributed by atoms with E-state index < -0.39 is 29.9 Å². The molecule has 0 saturated heterocycles. The summed E-state index contributed by atoms with van der Waals surface area (Å²) in [5, 5.41) is 13.1. The monoisotopic (exact) mass is 324 g/mol. The number of hydrogen-bond donors (Lipinski definition) is 3. The minimum absolute atomic E-state index is 0.0224. The summed E-state index contributed by atoms with van der Waals surface area (Å²) in [7, 11) is 0. The van der Waals surface area contributed by atoms with Crippen molar-refractivity contribution < 1.29 is 29.0 Å². The average Bonchev–Trinajstić information content (AvgIpc) is 2.43. The van der Waals surface area contributed by atoms with Gasteiger partial charge in [0.05, 0.1) is 0 Å². The van der Waals surface area contributed by atoms with Gasteiger partial charge in [-0.05, 0) is 26.3 Å². The van der Waals surface area contributed by atoms with E-state index in [1.54, 1.807) is 45.0 Å². The van der Waals surface area contributed by atoms with Crippen molar-refractivity contribution in [3.05, 3.63) is 35.9 Å². The molecule has 3 N–H and O–H groups in total. The van der Waals surface area contributed by atoms with Crippen LogP contribution in [0.25, 0.3) is 0 Å². The van der Waals surface area contributed by atoms with Crippen LogP contribution in [0.1, 0.15) is 26.3 Å². The number of carbonyl (C=O) groups excluding carboxylic acids is 2. The Morgan fingerprint density at radius 2 is 1.65 bits per heavy atom. The first-order valence-corrected chi connectivity index (χ1v) is 6.87. The highest BCUT2D eigenvalue weighted by atomic mass is 16.6. The third-order valence-corrected chi connectivity index (χ3v) is 2.38. The Morgan fingerprint density at radius 3 is 2.17 bits per heavy atom. The van der Waals surface area contributed by atoms with E-state index in [1.165, 1.54) is 0 Å². The second-order valence-corrected chi connectivity index (χ2v) is 5.62. The summed E-state index contributed by atoms with van der Waals surface area (Å²) < 4.78 is 9.81. The highest BCUT2D eigenvalue weighted by molar-refractivity contribution is 5.83. The first-order chi connectivity index (χ1) is 10.7. The van der Waals surface area contributed by atoms with E-state index >= 15 is 0 Å². The van der Waals surface area contributed by atoms with Gasteiger partial charge in [-0.2, -0.15) is 0 Å². The summed E-state index contributed by atoms with van der Waals surface area (Å²) in [5.41, 5.74) is -0.0457. The number of benzene rings is 1. The van der Waals surface area contributed by atoms with Crippen LogP contribution in [-0.4, -0.2) is 35.0 Å². The van der Waals surface area contributed by atoms with Gasteiger partial charge in [-0.3, -0.25) is 10.6 Å². The number of carbonyl (C=O) groups is 3. The van der Waals surface area contributed by atoms with Crippen molar-refractivity contribution in [3.63, 3.8) is 0 Å². The zero-order valence-corrected chi connectivity index (χ0v) is 13.2. The van der Waals surface area contributed by atoms with Crippen LogP contribution in [0, 0.1) is 0 Å². The summed E-state index contributed by atoms with van der Waals surface area (Å²) >= 11 is 0. The fourth-order valence-electron chi connectivity index (χ4n) is 1.47. The van der Waals surface area contributed by atoms with Crippen LogP contribution in [0.2, 0.25) is 0 Å². The van der Waals surface area contributed by atoms with Crippen molar-refractivity contribution >= 4 is 18.2 Å². The van der Waals surface area contributed by atoms with Gasteiger partial charge in [-0.1, -0.05) is 30.3 Å². The maximum atomic E-state index is 11.6. The number of nitrogens with one attached hydrogen (secondary N) is 2. The number of ether oxygens (including phenoxy) is 2. The molecule has 1 aromatic rings. The molecule has 1 unspecified atom stereocenters. The second kappa shape index (κ2) is 8.02. The van der Waals surface area contributed by atoms with Gasteiger partial charge in [0.15, 0.2) is 0 Å². The Bertz CT molecular complexity index is 553. The number of carboxylic acids is 1.